The van der Waals surface area contributed by atoms with Gasteiger partial charge in [0, 0.05) is 24.8 Å². The van der Waals surface area contributed by atoms with E-state index in [9.17, 15) is 4.79 Å². The maximum Gasteiger partial charge on any atom is 0.251 e. The van der Waals surface area contributed by atoms with Crippen LogP contribution in [-0.2, 0) is 6.54 Å². The molecule has 1 aromatic carbocycles. The second kappa shape index (κ2) is 6.96. The fourth-order valence-electron chi connectivity index (χ4n) is 1.77. The van der Waals surface area contributed by atoms with Gasteiger partial charge in [0.05, 0.1) is 18.3 Å². The van der Waals surface area contributed by atoms with E-state index in [1.165, 1.54) is 0 Å². The first-order valence-corrected chi connectivity index (χ1v) is 6.67. The molecule has 0 radical (unpaired) electrons. The third-order valence-electron chi connectivity index (χ3n) is 2.78. The van der Waals surface area contributed by atoms with Gasteiger partial charge in [-0.15, -0.1) is 0 Å². The molecule has 0 aliphatic heterocycles. The zero-order chi connectivity index (χ0) is 14.4. The molecule has 0 saturated carbocycles. The highest BCUT2D eigenvalue weighted by Crippen LogP contribution is 2.12. The van der Waals surface area contributed by atoms with Gasteiger partial charge in [-0.25, -0.2) is 0 Å². The molecule has 1 heterocycles. The van der Waals surface area contributed by atoms with E-state index in [-0.39, 0.29) is 5.91 Å². The average Bonchev–Trinajstić information content (AvgIpc) is 2.89. The summed E-state index contributed by atoms with van der Waals surface area (Å²) < 4.78 is 6.84. The van der Waals surface area contributed by atoms with E-state index >= 15 is 0 Å². The van der Waals surface area contributed by atoms with Gasteiger partial charge in [-0.2, -0.15) is 5.10 Å². The van der Waals surface area contributed by atoms with E-state index in [2.05, 4.69) is 10.4 Å². The highest BCUT2D eigenvalue weighted by molar-refractivity contribution is 6.30. The Morgan fingerprint density at radius 1 is 1.50 bits per heavy atom. The normalized spacial score (nSPS) is 10.3. The van der Waals surface area contributed by atoms with E-state index in [1.807, 2.05) is 0 Å². The lowest BCUT2D eigenvalue weighted by Gasteiger charge is -2.06. The summed E-state index contributed by atoms with van der Waals surface area (Å²) in [4.78, 5) is 11.9. The van der Waals surface area contributed by atoms with Gasteiger partial charge in [-0.3, -0.25) is 9.48 Å². The molecule has 1 amide bonds. The van der Waals surface area contributed by atoms with Crippen LogP contribution in [0.15, 0.2) is 36.7 Å². The number of carbonyl (C=O) groups excluding carboxylic acids is 1. The van der Waals surface area contributed by atoms with Crippen LogP contribution < -0.4 is 10.1 Å². The number of ether oxygens (including phenoxy) is 1. The van der Waals surface area contributed by atoms with E-state index in [0.29, 0.717) is 29.4 Å². The van der Waals surface area contributed by atoms with Crippen LogP contribution in [0.1, 0.15) is 16.8 Å². The molecule has 106 valence electrons. The Morgan fingerprint density at radius 3 is 3.05 bits per heavy atom. The molecule has 0 aliphatic carbocycles. The summed E-state index contributed by atoms with van der Waals surface area (Å²) in [6.45, 7) is 1.29. The van der Waals surface area contributed by atoms with Crippen LogP contribution >= 0.6 is 11.6 Å². The van der Waals surface area contributed by atoms with Crippen LogP contribution in [0.5, 0.6) is 5.75 Å². The molecular formula is C14H16ClN3O2. The number of hydrogen-bond acceptors (Lipinski definition) is 3. The lowest BCUT2D eigenvalue weighted by molar-refractivity contribution is 0.0952. The minimum Gasteiger partial charge on any atom is -0.497 e. The number of amides is 1. The molecule has 0 fully saturated rings. The van der Waals surface area contributed by atoms with Gasteiger partial charge in [0.2, 0.25) is 0 Å². The lowest BCUT2D eigenvalue weighted by atomic mass is 10.2. The summed E-state index contributed by atoms with van der Waals surface area (Å²) in [7, 11) is 1.58. The largest absolute Gasteiger partial charge is 0.497 e. The number of carbonyl (C=O) groups is 1. The van der Waals surface area contributed by atoms with Crippen molar-refractivity contribution in [2.75, 3.05) is 13.7 Å². The Labute approximate surface area is 122 Å². The number of benzene rings is 1. The number of methoxy groups -OCH3 is 1. The van der Waals surface area contributed by atoms with Crippen LogP contribution in [0.25, 0.3) is 0 Å². The molecule has 20 heavy (non-hydrogen) atoms. The Morgan fingerprint density at radius 2 is 2.35 bits per heavy atom. The summed E-state index contributed by atoms with van der Waals surface area (Å²) in [6, 6.07) is 7.06. The standard InChI is InChI=1S/C14H16ClN3O2/c1-20-13-5-2-4-11(8-13)14(19)16-6-3-7-18-10-12(15)9-17-18/h2,4-5,8-10H,3,6-7H2,1H3,(H,16,19). The number of rotatable bonds is 6. The van der Waals surface area contributed by atoms with Crippen molar-refractivity contribution in [2.45, 2.75) is 13.0 Å². The Bertz CT molecular complexity index is 583. The fraction of sp³-hybridized carbons (Fsp3) is 0.286. The number of aryl methyl sites for hydroxylation is 1. The molecule has 5 nitrogen and oxygen atoms in total. The van der Waals surface area contributed by atoms with Crippen molar-refractivity contribution in [3.63, 3.8) is 0 Å². The summed E-state index contributed by atoms with van der Waals surface area (Å²) in [6.07, 6.45) is 4.13. The monoisotopic (exact) mass is 293 g/mol. The smallest absolute Gasteiger partial charge is 0.251 e. The summed E-state index contributed by atoms with van der Waals surface area (Å²) in [5, 5.41) is 7.54. The van der Waals surface area contributed by atoms with E-state index in [0.717, 1.165) is 6.42 Å². The van der Waals surface area contributed by atoms with Crippen molar-refractivity contribution in [3.8, 4) is 5.75 Å². The van der Waals surface area contributed by atoms with Crippen LogP contribution in [-0.4, -0.2) is 29.3 Å². The number of halogens is 1. The molecule has 1 N–H and O–H groups in total. The number of nitrogens with zero attached hydrogens (tertiary/aromatic N) is 2. The third kappa shape index (κ3) is 3.99. The fourth-order valence-corrected chi connectivity index (χ4v) is 1.93. The molecule has 0 saturated heterocycles. The molecular weight excluding hydrogens is 278 g/mol. The Hall–Kier alpha value is -2.01. The third-order valence-corrected chi connectivity index (χ3v) is 2.98. The predicted molar refractivity (Wildman–Crippen MR) is 77.2 cm³/mol. The molecule has 0 atom stereocenters. The first kappa shape index (κ1) is 14.4. The molecule has 0 spiro atoms. The van der Waals surface area contributed by atoms with Crippen LogP contribution in [0.3, 0.4) is 0 Å². The van der Waals surface area contributed by atoms with Gasteiger partial charge in [0.25, 0.3) is 5.91 Å². The summed E-state index contributed by atoms with van der Waals surface area (Å²) in [5.74, 6) is 0.561. The van der Waals surface area contributed by atoms with E-state index in [4.69, 9.17) is 16.3 Å². The lowest BCUT2D eigenvalue weighted by Crippen LogP contribution is -2.25. The summed E-state index contributed by atoms with van der Waals surface area (Å²) in [5.41, 5.74) is 0.589. The average molecular weight is 294 g/mol. The first-order chi connectivity index (χ1) is 9.69. The number of aromatic nitrogens is 2. The topological polar surface area (TPSA) is 56.1 Å². The quantitative estimate of drug-likeness (QED) is 0.832. The first-order valence-electron chi connectivity index (χ1n) is 6.29. The van der Waals surface area contributed by atoms with Gasteiger partial charge in [-0.1, -0.05) is 17.7 Å². The van der Waals surface area contributed by atoms with Gasteiger partial charge in [-0.05, 0) is 24.6 Å². The van der Waals surface area contributed by atoms with Crippen molar-refractivity contribution in [3.05, 3.63) is 47.2 Å². The van der Waals surface area contributed by atoms with E-state index < -0.39 is 0 Å². The molecule has 0 bridgehead atoms. The highest BCUT2D eigenvalue weighted by Gasteiger charge is 2.05. The van der Waals surface area contributed by atoms with Gasteiger partial charge in [0.1, 0.15) is 5.75 Å². The SMILES string of the molecule is COc1cccc(C(=O)NCCCn2cc(Cl)cn2)c1. The predicted octanol–water partition coefficient (Wildman–Crippen LogP) is 2.37. The second-order valence-electron chi connectivity index (χ2n) is 4.26. The summed E-state index contributed by atoms with van der Waals surface area (Å²) >= 11 is 5.77. The van der Waals surface area contributed by atoms with Crippen LogP contribution in [0.2, 0.25) is 5.02 Å². The maximum atomic E-state index is 11.9. The van der Waals surface area contributed by atoms with Crippen LogP contribution in [0, 0.1) is 0 Å². The number of nitrogens with one attached hydrogen (secondary N) is 1. The van der Waals surface area contributed by atoms with Gasteiger partial charge < -0.3 is 10.1 Å². The van der Waals surface area contributed by atoms with Gasteiger partial charge in [0.15, 0.2) is 0 Å². The zero-order valence-corrected chi connectivity index (χ0v) is 11.9. The molecule has 1 aromatic heterocycles. The molecule has 6 heteroatoms. The second-order valence-corrected chi connectivity index (χ2v) is 4.70. The van der Waals surface area contributed by atoms with Gasteiger partial charge >= 0.3 is 0 Å². The zero-order valence-electron chi connectivity index (χ0n) is 11.2. The maximum absolute atomic E-state index is 11.9. The molecule has 2 rings (SSSR count). The number of hydrogen-bond donors (Lipinski definition) is 1. The van der Waals surface area contributed by atoms with Crippen molar-refractivity contribution < 1.29 is 9.53 Å². The molecule has 2 aromatic rings. The minimum absolute atomic E-state index is 0.109. The van der Waals surface area contributed by atoms with Crippen LogP contribution in [0.4, 0.5) is 0 Å². The van der Waals surface area contributed by atoms with Crippen molar-refractivity contribution in [1.82, 2.24) is 15.1 Å². The Balaban J connectivity index is 1.77. The van der Waals surface area contributed by atoms with Crippen molar-refractivity contribution in [1.29, 1.82) is 0 Å². The molecule has 0 aliphatic rings. The van der Waals surface area contributed by atoms with E-state index in [1.54, 1.807) is 48.5 Å². The van der Waals surface area contributed by atoms with Crippen molar-refractivity contribution in [2.24, 2.45) is 0 Å². The Kier molecular flexibility index (Phi) is 5.01. The van der Waals surface area contributed by atoms with Crippen molar-refractivity contribution >= 4 is 17.5 Å². The molecule has 0 unspecified atom stereocenters. The highest BCUT2D eigenvalue weighted by atomic mass is 35.5. The minimum atomic E-state index is -0.109.